The van der Waals surface area contributed by atoms with E-state index in [1.54, 1.807) is 18.2 Å². The number of ether oxygens (including phenoxy) is 2. The monoisotopic (exact) mass is 281 g/mol. The first kappa shape index (κ1) is 13.6. The molecule has 1 heterocycles. The standard InChI is InChI=1S/C13H15NO4S/c1-7(2)18-11-9-6-8(17-3)4-5-10(9)19(16)12(11)13(14)15/h4-7H,1-3H3,(H2,14,15). The van der Waals surface area contributed by atoms with Crippen molar-refractivity contribution in [1.29, 1.82) is 0 Å². The van der Waals surface area contributed by atoms with Crippen LogP contribution in [0.3, 0.4) is 0 Å². The fourth-order valence-corrected chi connectivity index (χ4v) is 3.12. The van der Waals surface area contributed by atoms with Crippen molar-refractivity contribution < 1.29 is 18.8 Å². The Morgan fingerprint density at radius 2 is 2.11 bits per heavy atom. The molecule has 0 aliphatic rings. The van der Waals surface area contributed by atoms with Gasteiger partial charge in [-0.2, -0.15) is 0 Å². The van der Waals surface area contributed by atoms with E-state index >= 15 is 0 Å². The molecule has 2 aromatic rings. The van der Waals surface area contributed by atoms with Crippen molar-refractivity contribution in [2.24, 2.45) is 5.73 Å². The quantitative estimate of drug-likeness (QED) is 0.872. The summed E-state index contributed by atoms with van der Waals surface area (Å²) in [6.07, 6.45) is -0.154. The van der Waals surface area contributed by atoms with Gasteiger partial charge in [0.05, 0.1) is 18.6 Å². The predicted molar refractivity (Wildman–Crippen MR) is 73.4 cm³/mol. The van der Waals surface area contributed by atoms with E-state index in [1.165, 1.54) is 7.11 Å². The molecule has 1 unspecified atom stereocenters. The van der Waals surface area contributed by atoms with E-state index in [9.17, 15) is 9.35 Å². The number of amides is 1. The molecule has 0 saturated carbocycles. The second-order valence-corrected chi connectivity index (χ2v) is 5.71. The van der Waals surface area contributed by atoms with Crippen LogP contribution in [0.15, 0.2) is 18.2 Å². The van der Waals surface area contributed by atoms with Gasteiger partial charge in [0.2, 0.25) is 0 Å². The number of benzene rings is 1. The lowest BCUT2D eigenvalue weighted by Gasteiger charge is -2.08. The molecule has 102 valence electrons. The third-order valence-electron chi connectivity index (χ3n) is 2.60. The van der Waals surface area contributed by atoms with Crippen LogP contribution in [0, 0.1) is 0 Å². The molecular formula is C13H15NO4S. The van der Waals surface area contributed by atoms with Gasteiger partial charge in [0.25, 0.3) is 4.88 Å². The largest absolute Gasteiger partial charge is 0.590 e. The summed E-state index contributed by atoms with van der Waals surface area (Å²) in [5, 5.41) is 0.597. The van der Waals surface area contributed by atoms with Gasteiger partial charge in [-0.3, -0.25) is 4.79 Å². The zero-order valence-electron chi connectivity index (χ0n) is 10.9. The van der Waals surface area contributed by atoms with E-state index in [2.05, 4.69) is 0 Å². The Morgan fingerprint density at radius 3 is 2.63 bits per heavy atom. The molecule has 1 atom stereocenters. The molecule has 0 spiro atoms. The van der Waals surface area contributed by atoms with Crippen LogP contribution in [0.1, 0.15) is 23.5 Å². The smallest absolute Gasteiger partial charge is 0.305 e. The van der Waals surface area contributed by atoms with Crippen LogP contribution in [0.5, 0.6) is 11.5 Å². The van der Waals surface area contributed by atoms with Gasteiger partial charge in [-0.05, 0) is 36.7 Å². The second-order valence-electron chi connectivity index (χ2n) is 4.32. The number of carbonyl (C=O) groups is 1. The van der Waals surface area contributed by atoms with E-state index in [0.29, 0.717) is 15.8 Å². The summed E-state index contributed by atoms with van der Waals surface area (Å²) in [5.74, 6) is 0.158. The highest BCUT2D eigenvalue weighted by Crippen LogP contribution is 2.45. The fraction of sp³-hybridized carbons (Fsp3) is 0.308. The Hall–Kier alpha value is -1.79. The molecule has 1 aromatic heterocycles. The summed E-state index contributed by atoms with van der Waals surface area (Å²) in [5.41, 5.74) is 5.30. The molecule has 0 saturated heterocycles. The van der Waals surface area contributed by atoms with E-state index in [4.69, 9.17) is 15.2 Å². The lowest BCUT2D eigenvalue weighted by Crippen LogP contribution is -2.14. The molecule has 6 heteroatoms. The molecular weight excluding hydrogens is 266 g/mol. The summed E-state index contributed by atoms with van der Waals surface area (Å²) < 4.78 is 23.5. The van der Waals surface area contributed by atoms with Crippen molar-refractivity contribution in [2.75, 3.05) is 7.11 Å². The van der Waals surface area contributed by atoms with Gasteiger partial charge < -0.3 is 19.8 Å². The second kappa shape index (κ2) is 5.07. The van der Waals surface area contributed by atoms with Crippen LogP contribution in [-0.2, 0) is 0 Å². The van der Waals surface area contributed by atoms with Gasteiger partial charge in [-0.15, -0.1) is 0 Å². The van der Waals surface area contributed by atoms with Crippen molar-refractivity contribution in [3.05, 3.63) is 23.1 Å². The molecule has 0 aliphatic carbocycles. The van der Waals surface area contributed by atoms with Crippen LogP contribution in [0.25, 0.3) is 10.1 Å². The van der Waals surface area contributed by atoms with Crippen LogP contribution < -0.4 is 15.2 Å². The maximum atomic E-state index is 12.3. The molecule has 2 N–H and O–H groups in total. The molecule has 5 nitrogen and oxygen atoms in total. The van der Waals surface area contributed by atoms with Crippen molar-refractivity contribution in [1.82, 2.24) is 0 Å². The van der Waals surface area contributed by atoms with Crippen LogP contribution >= 0.6 is 10.8 Å². The van der Waals surface area contributed by atoms with Crippen molar-refractivity contribution in [3.8, 4) is 11.5 Å². The number of thiophene rings is 1. The Morgan fingerprint density at radius 1 is 1.42 bits per heavy atom. The molecule has 0 aliphatic heterocycles. The SMILES string of the molecule is COc1ccc2c(c1)c(OC(C)C)c(C(N)=O)[s+]2[O-]. The Bertz CT molecular complexity index is 633. The van der Waals surface area contributed by atoms with Crippen LogP contribution in [-0.4, -0.2) is 23.7 Å². The van der Waals surface area contributed by atoms with Gasteiger partial charge in [0.1, 0.15) is 5.75 Å². The van der Waals surface area contributed by atoms with Gasteiger partial charge in [-0.1, -0.05) is 0 Å². The Balaban J connectivity index is 2.77. The number of hydrogen-bond donors (Lipinski definition) is 1. The number of primary amides is 1. The highest BCUT2D eigenvalue weighted by atomic mass is 32.2. The van der Waals surface area contributed by atoms with Crippen LogP contribution in [0.4, 0.5) is 0 Å². The fourth-order valence-electron chi connectivity index (χ4n) is 1.85. The number of hydrogen-bond acceptors (Lipinski definition) is 4. The summed E-state index contributed by atoms with van der Waals surface area (Å²) >= 11 is 0. The van der Waals surface area contributed by atoms with Gasteiger partial charge >= 0.3 is 5.91 Å². The summed E-state index contributed by atoms with van der Waals surface area (Å²) in [7, 11) is -0.0609. The van der Waals surface area contributed by atoms with E-state index in [-0.39, 0.29) is 16.7 Å². The van der Waals surface area contributed by atoms with E-state index < -0.39 is 16.7 Å². The van der Waals surface area contributed by atoms with Gasteiger partial charge in [0, 0.05) is 6.07 Å². The number of fused-ring (bicyclic) bond motifs is 1. The van der Waals surface area contributed by atoms with Gasteiger partial charge in [-0.25, -0.2) is 0 Å². The average Bonchev–Trinajstić information content (AvgIpc) is 2.61. The highest BCUT2D eigenvalue weighted by molar-refractivity contribution is 7.33. The average molecular weight is 281 g/mol. The van der Waals surface area contributed by atoms with Crippen molar-refractivity contribution >= 4 is 26.7 Å². The normalized spacial score (nSPS) is 11.9. The predicted octanol–water partition coefficient (Wildman–Crippen LogP) is 2.46. The summed E-state index contributed by atoms with van der Waals surface area (Å²) in [4.78, 5) is 11.5. The zero-order valence-corrected chi connectivity index (χ0v) is 11.7. The lowest BCUT2D eigenvalue weighted by atomic mass is 10.2. The molecule has 19 heavy (non-hydrogen) atoms. The molecule has 2 rings (SSSR count). The minimum absolute atomic E-state index is 0.0111. The summed E-state index contributed by atoms with van der Waals surface area (Å²) in [6, 6.07) is 5.04. The number of carbonyl (C=O) groups excluding carboxylic acids is 1. The Kier molecular flexibility index (Phi) is 3.64. The molecule has 0 radical (unpaired) electrons. The van der Waals surface area contributed by atoms with Crippen molar-refractivity contribution in [3.63, 3.8) is 0 Å². The van der Waals surface area contributed by atoms with E-state index in [0.717, 1.165) is 0 Å². The minimum Gasteiger partial charge on any atom is -0.590 e. The minimum atomic E-state index is -1.60. The molecule has 1 aromatic carbocycles. The first-order valence-corrected chi connectivity index (χ1v) is 6.91. The number of nitrogens with two attached hydrogens (primary N) is 1. The molecule has 0 fully saturated rings. The summed E-state index contributed by atoms with van der Waals surface area (Å²) in [6.45, 7) is 3.65. The maximum absolute atomic E-state index is 12.3. The first-order valence-electron chi connectivity index (χ1n) is 5.76. The Labute approximate surface area is 113 Å². The molecule has 0 bridgehead atoms. The molecule has 1 amide bonds. The topological polar surface area (TPSA) is 84.6 Å². The highest BCUT2D eigenvalue weighted by Gasteiger charge is 2.29. The van der Waals surface area contributed by atoms with E-state index in [1.807, 2.05) is 13.8 Å². The first-order chi connectivity index (χ1) is 8.95. The number of methoxy groups -OCH3 is 1. The number of rotatable bonds is 4. The third-order valence-corrected chi connectivity index (χ3v) is 4.11. The van der Waals surface area contributed by atoms with Crippen LogP contribution in [0.2, 0.25) is 0 Å². The maximum Gasteiger partial charge on any atom is 0.305 e. The lowest BCUT2D eigenvalue weighted by molar-refractivity contribution is 0.0998. The van der Waals surface area contributed by atoms with Crippen molar-refractivity contribution in [2.45, 2.75) is 20.0 Å². The van der Waals surface area contributed by atoms with Gasteiger partial charge in [0.15, 0.2) is 10.4 Å². The third kappa shape index (κ3) is 2.36. The zero-order chi connectivity index (χ0) is 14.2.